The summed E-state index contributed by atoms with van der Waals surface area (Å²) in [4.78, 5) is 11.3. The van der Waals surface area contributed by atoms with E-state index in [2.05, 4.69) is 24.5 Å². The predicted octanol–water partition coefficient (Wildman–Crippen LogP) is 0.401. The molecule has 102 valence electrons. The first kappa shape index (κ1) is 16.4. The van der Waals surface area contributed by atoms with E-state index in [9.17, 15) is 4.79 Å². The van der Waals surface area contributed by atoms with E-state index in [-0.39, 0.29) is 5.91 Å². The van der Waals surface area contributed by atoms with Crippen LogP contribution in [0.25, 0.3) is 0 Å². The lowest BCUT2D eigenvalue weighted by Gasteiger charge is -2.08. The van der Waals surface area contributed by atoms with Crippen LogP contribution >= 0.6 is 0 Å². The Hall–Kier alpha value is -0.650. The van der Waals surface area contributed by atoms with Gasteiger partial charge in [-0.05, 0) is 18.9 Å². The van der Waals surface area contributed by atoms with Gasteiger partial charge in [0.2, 0.25) is 5.91 Å². The number of nitrogens with one attached hydrogen (secondary N) is 2. The van der Waals surface area contributed by atoms with Gasteiger partial charge in [-0.1, -0.05) is 13.8 Å². The zero-order valence-corrected chi connectivity index (χ0v) is 11.3. The van der Waals surface area contributed by atoms with E-state index < -0.39 is 0 Å². The van der Waals surface area contributed by atoms with Crippen molar-refractivity contribution in [3.05, 3.63) is 0 Å². The van der Waals surface area contributed by atoms with Crippen molar-refractivity contribution in [2.24, 2.45) is 5.92 Å². The van der Waals surface area contributed by atoms with Gasteiger partial charge in [0, 0.05) is 20.3 Å². The minimum atomic E-state index is 0.0546. The van der Waals surface area contributed by atoms with Gasteiger partial charge in [0.05, 0.1) is 19.8 Å². The number of rotatable bonds is 11. The summed E-state index contributed by atoms with van der Waals surface area (Å²) in [6.45, 7) is 8.02. The SMILES string of the molecule is COCCOCCCNCC(=O)NCC(C)C. The number of carbonyl (C=O) groups excluding carboxylic acids is 1. The molecule has 2 N–H and O–H groups in total. The van der Waals surface area contributed by atoms with E-state index in [0.717, 1.165) is 19.5 Å². The lowest BCUT2D eigenvalue weighted by atomic mass is 10.2. The van der Waals surface area contributed by atoms with Crippen LogP contribution in [-0.4, -0.2) is 52.5 Å². The van der Waals surface area contributed by atoms with Crippen LogP contribution in [-0.2, 0) is 14.3 Å². The molecule has 0 bridgehead atoms. The topological polar surface area (TPSA) is 59.6 Å². The van der Waals surface area contributed by atoms with Crippen LogP contribution in [0.3, 0.4) is 0 Å². The monoisotopic (exact) mass is 246 g/mol. The average molecular weight is 246 g/mol. The molecular weight excluding hydrogens is 220 g/mol. The van der Waals surface area contributed by atoms with Crippen LogP contribution in [0.1, 0.15) is 20.3 Å². The predicted molar refractivity (Wildman–Crippen MR) is 68.0 cm³/mol. The molecule has 0 aromatic carbocycles. The number of ether oxygens (including phenoxy) is 2. The molecule has 0 aliphatic rings. The second kappa shape index (κ2) is 11.8. The van der Waals surface area contributed by atoms with Crippen molar-refractivity contribution in [3.63, 3.8) is 0 Å². The van der Waals surface area contributed by atoms with Crippen molar-refractivity contribution >= 4 is 5.91 Å². The van der Waals surface area contributed by atoms with Crippen molar-refractivity contribution in [3.8, 4) is 0 Å². The Morgan fingerprint density at radius 1 is 1.24 bits per heavy atom. The van der Waals surface area contributed by atoms with Crippen molar-refractivity contribution < 1.29 is 14.3 Å². The maximum absolute atomic E-state index is 11.3. The molecule has 0 saturated carbocycles. The van der Waals surface area contributed by atoms with Crippen LogP contribution in [0, 0.1) is 5.92 Å². The molecule has 0 aliphatic heterocycles. The number of methoxy groups -OCH3 is 1. The first-order valence-electron chi connectivity index (χ1n) is 6.21. The minimum Gasteiger partial charge on any atom is -0.382 e. The molecule has 0 fully saturated rings. The number of hydrogen-bond donors (Lipinski definition) is 2. The molecule has 1 amide bonds. The van der Waals surface area contributed by atoms with Gasteiger partial charge < -0.3 is 20.1 Å². The lowest BCUT2D eigenvalue weighted by Crippen LogP contribution is -2.36. The molecule has 0 aromatic heterocycles. The van der Waals surface area contributed by atoms with Crippen molar-refractivity contribution in [2.45, 2.75) is 20.3 Å². The fraction of sp³-hybridized carbons (Fsp3) is 0.917. The molecule has 17 heavy (non-hydrogen) atoms. The summed E-state index contributed by atoms with van der Waals surface area (Å²) >= 11 is 0. The molecule has 0 radical (unpaired) electrons. The van der Waals surface area contributed by atoms with E-state index in [1.54, 1.807) is 7.11 Å². The Balaban J connectivity index is 3.14. The molecule has 0 aromatic rings. The highest BCUT2D eigenvalue weighted by molar-refractivity contribution is 5.77. The van der Waals surface area contributed by atoms with Gasteiger partial charge in [-0.3, -0.25) is 4.79 Å². The molecule has 0 unspecified atom stereocenters. The van der Waals surface area contributed by atoms with Crippen LogP contribution in [0.15, 0.2) is 0 Å². The maximum atomic E-state index is 11.3. The number of hydrogen-bond acceptors (Lipinski definition) is 4. The molecule has 0 rings (SSSR count). The fourth-order valence-corrected chi connectivity index (χ4v) is 1.13. The zero-order valence-electron chi connectivity index (χ0n) is 11.3. The zero-order chi connectivity index (χ0) is 12.9. The fourth-order valence-electron chi connectivity index (χ4n) is 1.13. The molecule has 5 nitrogen and oxygen atoms in total. The highest BCUT2D eigenvalue weighted by Gasteiger charge is 2.00. The van der Waals surface area contributed by atoms with Gasteiger partial charge in [-0.2, -0.15) is 0 Å². The van der Waals surface area contributed by atoms with Crippen LogP contribution in [0.2, 0.25) is 0 Å². The molecule has 0 heterocycles. The van der Waals surface area contributed by atoms with E-state index in [0.29, 0.717) is 32.3 Å². The van der Waals surface area contributed by atoms with Gasteiger partial charge in [-0.15, -0.1) is 0 Å². The summed E-state index contributed by atoms with van der Waals surface area (Å²) in [6, 6.07) is 0. The Morgan fingerprint density at radius 3 is 2.65 bits per heavy atom. The third kappa shape index (κ3) is 13.3. The molecule has 0 spiro atoms. The van der Waals surface area contributed by atoms with E-state index in [1.165, 1.54) is 0 Å². The third-order valence-electron chi connectivity index (χ3n) is 2.07. The summed E-state index contributed by atoms with van der Waals surface area (Å²) in [7, 11) is 1.65. The van der Waals surface area contributed by atoms with E-state index in [4.69, 9.17) is 9.47 Å². The normalized spacial score (nSPS) is 10.8. The Bertz CT molecular complexity index is 187. The highest BCUT2D eigenvalue weighted by Crippen LogP contribution is 1.86. The summed E-state index contributed by atoms with van der Waals surface area (Å²) in [5.41, 5.74) is 0. The smallest absolute Gasteiger partial charge is 0.233 e. The second-order valence-electron chi connectivity index (χ2n) is 4.33. The third-order valence-corrected chi connectivity index (χ3v) is 2.07. The molecule has 0 atom stereocenters. The highest BCUT2D eigenvalue weighted by atomic mass is 16.5. The summed E-state index contributed by atoms with van der Waals surface area (Å²) in [6.07, 6.45) is 0.904. The van der Waals surface area contributed by atoms with Crippen molar-refractivity contribution in [1.29, 1.82) is 0 Å². The van der Waals surface area contributed by atoms with Gasteiger partial charge >= 0.3 is 0 Å². The van der Waals surface area contributed by atoms with Gasteiger partial charge in [0.1, 0.15) is 0 Å². The van der Waals surface area contributed by atoms with Crippen molar-refractivity contribution in [2.75, 3.05) is 46.6 Å². The van der Waals surface area contributed by atoms with Gasteiger partial charge in [0.15, 0.2) is 0 Å². The Labute approximate surface area is 104 Å². The first-order chi connectivity index (χ1) is 8.16. The number of amides is 1. The molecule has 0 aliphatic carbocycles. The minimum absolute atomic E-state index is 0.0546. The van der Waals surface area contributed by atoms with Crippen LogP contribution < -0.4 is 10.6 Å². The van der Waals surface area contributed by atoms with Crippen LogP contribution in [0.4, 0.5) is 0 Å². The van der Waals surface area contributed by atoms with Gasteiger partial charge in [0.25, 0.3) is 0 Å². The van der Waals surface area contributed by atoms with Crippen molar-refractivity contribution in [1.82, 2.24) is 10.6 Å². The Morgan fingerprint density at radius 2 is 2.00 bits per heavy atom. The van der Waals surface area contributed by atoms with E-state index >= 15 is 0 Å². The largest absolute Gasteiger partial charge is 0.382 e. The summed E-state index contributed by atoms with van der Waals surface area (Å²) in [5, 5.41) is 5.93. The lowest BCUT2D eigenvalue weighted by molar-refractivity contribution is -0.120. The molecule has 5 heteroatoms. The quantitative estimate of drug-likeness (QED) is 0.518. The maximum Gasteiger partial charge on any atom is 0.233 e. The van der Waals surface area contributed by atoms with Gasteiger partial charge in [-0.25, -0.2) is 0 Å². The molecule has 0 saturated heterocycles. The Kier molecular flexibility index (Phi) is 11.4. The van der Waals surface area contributed by atoms with E-state index in [1.807, 2.05) is 0 Å². The first-order valence-corrected chi connectivity index (χ1v) is 6.21. The molecular formula is C12H26N2O3. The summed E-state index contributed by atoms with van der Waals surface area (Å²) in [5.74, 6) is 0.548. The standard InChI is InChI=1S/C12H26N2O3/c1-11(2)9-14-12(15)10-13-5-4-6-17-8-7-16-3/h11,13H,4-10H2,1-3H3,(H,14,15). The second-order valence-corrected chi connectivity index (χ2v) is 4.33. The average Bonchev–Trinajstić information content (AvgIpc) is 2.30. The summed E-state index contributed by atoms with van der Waals surface area (Å²) < 4.78 is 10.1. The van der Waals surface area contributed by atoms with Crippen LogP contribution in [0.5, 0.6) is 0 Å². The number of carbonyl (C=O) groups is 1.